The maximum Gasteiger partial charge on any atom is 0.352 e. The lowest BCUT2D eigenvalue weighted by molar-refractivity contribution is -0.127. The van der Waals surface area contributed by atoms with Gasteiger partial charge in [0.05, 0.1) is 28.9 Å². The fourth-order valence-corrected chi connectivity index (χ4v) is 7.27. The molecule has 1 aliphatic carbocycles. The number of carbonyl (C=O) groups excluding carboxylic acids is 1. The van der Waals surface area contributed by atoms with E-state index >= 15 is 0 Å². The van der Waals surface area contributed by atoms with Crippen LogP contribution < -0.4 is 10.5 Å². The molecule has 0 unspecified atom stereocenters. The lowest BCUT2D eigenvalue weighted by Gasteiger charge is -2.44. The number of likely N-dealkylation sites (tertiary alicyclic amines) is 1. The van der Waals surface area contributed by atoms with Crippen LogP contribution in [0.1, 0.15) is 67.1 Å². The van der Waals surface area contributed by atoms with Gasteiger partial charge in [0.15, 0.2) is 0 Å². The molecule has 4 aromatic rings. The first-order valence-corrected chi connectivity index (χ1v) is 15.5. The Balaban J connectivity index is 1.30. The standard InChI is InChI=1S/C33H38ClN3O7/c1-19-16-37(13-7-24(19)38)14-12-32(42)8-10-33(11-9-32,31(35)41)28-27-23(36-29(28)30(39)40)3-2-4-26(27)44-18-20-17-43-25-6-5-21(34)15-22(20)25/h2-6,15,17,19,24,36,38,42H,7-14,16,18H2,1H3,(H2,35,41)(H,39,40)/t19-,24-,32?,33?/m0/s1. The number of carboxylic acid groups (broad SMARTS) is 1. The summed E-state index contributed by atoms with van der Waals surface area (Å²) in [6.45, 7) is 4.36. The van der Waals surface area contributed by atoms with Gasteiger partial charge in [-0.15, -0.1) is 0 Å². The summed E-state index contributed by atoms with van der Waals surface area (Å²) in [7, 11) is 0. The van der Waals surface area contributed by atoms with Gasteiger partial charge < -0.3 is 40.1 Å². The molecule has 1 saturated heterocycles. The number of fused-ring (bicyclic) bond motifs is 2. The van der Waals surface area contributed by atoms with E-state index in [1.165, 1.54) is 0 Å². The number of carbonyl (C=O) groups is 2. The van der Waals surface area contributed by atoms with Crippen molar-refractivity contribution in [2.24, 2.45) is 11.7 Å². The van der Waals surface area contributed by atoms with E-state index in [0.717, 1.165) is 24.0 Å². The maximum absolute atomic E-state index is 13.3. The second-order valence-corrected chi connectivity index (χ2v) is 13.0. The first-order valence-electron chi connectivity index (χ1n) is 15.1. The van der Waals surface area contributed by atoms with Crippen LogP contribution >= 0.6 is 11.6 Å². The van der Waals surface area contributed by atoms with Crippen molar-refractivity contribution in [3.8, 4) is 5.75 Å². The fourth-order valence-electron chi connectivity index (χ4n) is 7.10. The van der Waals surface area contributed by atoms with E-state index < -0.39 is 22.9 Å². The number of carboxylic acids is 1. The van der Waals surface area contributed by atoms with Gasteiger partial charge in [-0.25, -0.2) is 4.79 Å². The van der Waals surface area contributed by atoms with Crippen LogP contribution in [-0.4, -0.2) is 68.4 Å². The minimum atomic E-state index is -1.32. The van der Waals surface area contributed by atoms with E-state index in [4.69, 9.17) is 26.5 Å². The molecule has 11 heteroatoms. The van der Waals surface area contributed by atoms with Crippen molar-refractivity contribution in [1.29, 1.82) is 0 Å². The highest BCUT2D eigenvalue weighted by molar-refractivity contribution is 6.31. The topological polar surface area (TPSA) is 162 Å². The van der Waals surface area contributed by atoms with Crippen molar-refractivity contribution in [2.75, 3.05) is 19.6 Å². The van der Waals surface area contributed by atoms with E-state index in [2.05, 4.69) is 9.88 Å². The van der Waals surface area contributed by atoms with Gasteiger partial charge in [0.25, 0.3) is 0 Å². The number of aromatic nitrogens is 1. The first kappa shape index (κ1) is 30.5. The molecule has 10 nitrogen and oxygen atoms in total. The summed E-state index contributed by atoms with van der Waals surface area (Å²) in [5.41, 5.74) is 5.90. The number of primary amides is 1. The number of halogens is 1. The largest absolute Gasteiger partial charge is 0.488 e. The number of aromatic amines is 1. The number of ether oxygens (including phenoxy) is 1. The molecule has 6 rings (SSSR count). The van der Waals surface area contributed by atoms with Crippen LogP contribution in [0.5, 0.6) is 5.75 Å². The molecule has 2 aliphatic rings. The second-order valence-electron chi connectivity index (χ2n) is 12.6. The summed E-state index contributed by atoms with van der Waals surface area (Å²) in [6, 6.07) is 10.6. The van der Waals surface area contributed by atoms with Gasteiger partial charge in [-0.2, -0.15) is 0 Å². The van der Waals surface area contributed by atoms with Gasteiger partial charge in [-0.3, -0.25) is 4.79 Å². The predicted molar refractivity (Wildman–Crippen MR) is 166 cm³/mol. The van der Waals surface area contributed by atoms with Crippen molar-refractivity contribution in [2.45, 2.75) is 69.2 Å². The quantitative estimate of drug-likeness (QED) is 0.175. The van der Waals surface area contributed by atoms with E-state index in [0.29, 0.717) is 65.0 Å². The number of nitrogens with one attached hydrogen (secondary N) is 1. The third kappa shape index (κ3) is 5.56. The van der Waals surface area contributed by atoms with Gasteiger partial charge in [0.1, 0.15) is 23.6 Å². The highest BCUT2D eigenvalue weighted by Gasteiger charge is 2.50. The number of H-pyrrole nitrogens is 1. The Morgan fingerprint density at radius 3 is 2.68 bits per heavy atom. The molecule has 1 saturated carbocycles. The molecule has 0 bridgehead atoms. The fraction of sp³-hybridized carbons (Fsp3) is 0.455. The predicted octanol–water partition coefficient (Wildman–Crippen LogP) is 4.97. The molecule has 0 spiro atoms. The molecule has 1 amide bonds. The Kier molecular flexibility index (Phi) is 8.13. The van der Waals surface area contributed by atoms with Crippen LogP contribution in [0.4, 0.5) is 0 Å². The number of piperidine rings is 1. The molecule has 2 fully saturated rings. The van der Waals surface area contributed by atoms with E-state index in [-0.39, 0.29) is 37.2 Å². The summed E-state index contributed by atoms with van der Waals surface area (Å²) in [6.07, 6.45) is 3.49. The lowest BCUT2D eigenvalue weighted by atomic mass is 9.63. The Morgan fingerprint density at radius 2 is 1.98 bits per heavy atom. The third-order valence-corrected chi connectivity index (χ3v) is 10.1. The molecule has 0 radical (unpaired) electrons. The van der Waals surface area contributed by atoms with Crippen molar-refractivity contribution >= 4 is 45.3 Å². The summed E-state index contributed by atoms with van der Waals surface area (Å²) in [5, 5.41) is 33.8. The minimum absolute atomic E-state index is 0.110. The summed E-state index contributed by atoms with van der Waals surface area (Å²) in [4.78, 5) is 31.2. The smallest absolute Gasteiger partial charge is 0.352 e. The lowest BCUT2D eigenvalue weighted by Crippen LogP contribution is -2.50. The highest BCUT2D eigenvalue weighted by atomic mass is 35.5. The number of aromatic carboxylic acids is 1. The van der Waals surface area contributed by atoms with E-state index in [1.54, 1.807) is 42.7 Å². The Labute approximate surface area is 259 Å². The Hall–Kier alpha value is -3.57. The van der Waals surface area contributed by atoms with Crippen LogP contribution in [0.25, 0.3) is 21.9 Å². The van der Waals surface area contributed by atoms with Gasteiger partial charge in [-0.05, 0) is 74.8 Å². The summed E-state index contributed by atoms with van der Waals surface area (Å²) < 4.78 is 11.9. The third-order valence-electron chi connectivity index (χ3n) is 9.82. The summed E-state index contributed by atoms with van der Waals surface area (Å²) in [5.74, 6) is -1.27. The number of rotatable bonds is 9. The van der Waals surface area contributed by atoms with Crippen LogP contribution in [0.2, 0.25) is 5.02 Å². The zero-order valence-corrected chi connectivity index (χ0v) is 25.4. The zero-order chi connectivity index (χ0) is 31.2. The van der Waals surface area contributed by atoms with Crippen LogP contribution in [0.15, 0.2) is 47.1 Å². The zero-order valence-electron chi connectivity index (χ0n) is 24.6. The molecule has 2 aromatic carbocycles. The molecule has 3 heterocycles. The van der Waals surface area contributed by atoms with Gasteiger partial charge >= 0.3 is 5.97 Å². The van der Waals surface area contributed by atoms with Gasteiger partial charge in [-0.1, -0.05) is 24.6 Å². The minimum Gasteiger partial charge on any atom is -0.488 e. The molecular formula is C33H38ClN3O7. The maximum atomic E-state index is 13.3. The number of nitrogens with zero attached hydrogens (tertiary/aromatic N) is 1. The average Bonchev–Trinajstić information content (AvgIpc) is 3.59. The normalized spacial score (nSPS) is 26.3. The number of benzene rings is 2. The van der Waals surface area contributed by atoms with Gasteiger partial charge in [0, 0.05) is 46.6 Å². The number of aliphatic hydroxyl groups is 2. The molecular weight excluding hydrogens is 586 g/mol. The number of nitrogens with two attached hydrogens (primary N) is 1. The van der Waals surface area contributed by atoms with E-state index in [9.17, 15) is 24.9 Å². The van der Waals surface area contributed by atoms with Crippen molar-refractivity contribution < 1.29 is 34.1 Å². The number of aliphatic hydroxyl groups excluding tert-OH is 1. The van der Waals surface area contributed by atoms with Gasteiger partial charge in [0.2, 0.25) is 5.91 Å². The van der Waals surface area contributed by atoms with Crippen LogP contribution in [0.3, 0.4) is 0 Å². The van der Waals surface area contributed by atoms with Crippen LogP contribution in [-0.2, 0) is 16.8 Å². The Bertz CT molecular complexity index is 1700. The number of hydrogen-bond donors (Lipinski definition) is 5. The Morgan fingerprint density at radius 1 is 1.20 bits per heavy atom. The monoisotopic (exact) mass is 623 g/mol. The average molecular weight is 624 g/mol. The van der Waals surface area contributed by atoms with Crippen LogP contribution in [0, 0.1) is 5.92 Å². The second kappa shape index (κ2) is 11.7. The number of hydrogen-bond acceptors (Lipinski definition) is 7. The number of furan rings is 1. The first-order chi connectivity index (χ1) is 21.0. The molecule has 1 aliphatic heterocycles. The molecule has 2 atom stereocenters. The molecule has 234 valence electrons. The number of amides is 1. The van der Waals surface area contributed by atoms with Crippen molar-refractivity contribution in [3.63, 3.8) is 0 Å². The van der Waals surface area contributed by atoms with E-state index in [1.807, 2.05) is 6.92 Å². The van der Waals surface area contributed by atoms with Crippen molar-refractivity contribution in [1.82, 2.24) is 9.88 Å². The molecule has 44 heavy (non-hydrogen) atoms. The highest BCUT2D eigenvalue weighted by Crippen LogP contribution is 2.49. The van der Waals surface area contributed by atoms with Crippen molar-refractivity contribution in [3.05, 3.63) is 64.5 Å². The summed E-state index contributed by atoms with van der Waals surface area (Å²) >= 11 is 6.20. The molecule has 2 aromatic heterocycles. The molecule has 6 N–H and O–H groups in total. The SMILES string of the molecule is C[C@H]1CN(CCC2(O)CCC(C(N)=O)(c3c(C(=O)O)[nH]c4cccc(OCc5coc6ccc(Cl)cc56)c34)CC2)CC[C@@H]1O.